The molecule has 162 valence electrons. The fourth-order valence-electron chi connectivity index (χ4n) is 4.07. The van der Waals surface area contributed by atoms with Crippen LogP contribution in [0, 0.1) is 6.92 Å². The smallest absolute Gasteiger partial charge is 0.345 e. The Balaban J connectivity index is 1.70. The molecule has 8 heteroatoms. The first-order chi connectivity index (χ1) is 14.9. The summed E-state index contributed by atoms with van der Waals surface area (Å²) in [4.78, 5) is 42.3. The van der Waals surface area contributed by atoms with Gasteiger partial charge in [0.2, 0.25) is 0 Å². The van der Waals surface area contributed by atoms with Gasteiger partial charge in [0.15, 0.2) is 0 Å². The number of hydrogen-bond acceptors (Lipinski definition) is 6. The van der Waals surface area contributed by atoms with Crippen LogP contribution in [0.5, 0.6) is 0 Å². The first-order valence-corrected chi connectivity index (χ1v) is 10.3. The fourth-order valence-corrected chi connectivity index (χ4v) is 4.07. The molecule has 0 atom stereocenters. The van der Waals surface area contributed by atoms with Crippen molar-refractivity contribution in [3.05, 3.63) is 63.8 Å². The Hall–Kier alpha value is -3.55. The van der Waals surface area contributed by atoms with Crippen molar-refractivity contribution in [3.8, 4) is 0 Å². The quantitative estimate of drug-likeness (QED) is 0.600. The molecule has 0 N–H and O–H groups in total. The number of para-hydroxylation sites is 1. The molecule has 1 fully saturated rings. The molecule has 3 aromatic rings. The van der Waals surface area contributed by atoms with Crippen molar-refractivity contribution in [1.29, 1.82) is 0 Å². The van der Waals surface area contributed by atoms with Gasteiger partial charge in [-0.05, 0) is 26.0 Å². The van der Waals surface area contributed by atoms with Crippen LogP contribution in [0.15, 0.2) is 45.8 Å². The molecule has 0 bridgehead atoms. The van der Waals surface area contributed by atoms with Crippen molar-refractivity contribution in [2.24, 2.45) is 7.05 Å². The van der Waals surface area contributed by atoms with Crippen LogP contribution < -0.4 is 10.5 Å². The van der Waals surface area contributed by atoms with Crippen molar-refractivity contribution < 1.29 is 18.7 Å². The van der Waals surface area contributed by atoms with E-state index < -0.39 is 5.97 Å². The van der Waals surface area contributed by atoms with Crippen molar-refractivity contribution in [3.63, 3.8) is 0 Å². The molecule has 1 saturated heterocycles. The van der Waals surface area contributed by atoms with E-state index in [1.54, 1.807) is 31.9 Å². The number of amides is 1. The highest BCUT2D eigenvalue weighted by atomic mass is 16.5. The van der Waals surface area contributed by atoms with Gasteiger partial charge >= 0.3 is 5.97 Å². The van der Waals surface area contributed by atoms with Crippen LogP contribution in [0.4, 0.5) is 5.69 Å². The van der Waals surface area contributed by atoms with Gasteiger partial charge in [-0.3, -0.25) is 9.59 Å². The molecule has 1 aromatic carbocycles. The molecule has 1 aliphatic heterocycles. The maximum absolute atomic E-state index is 13.1. The second-order valence-corrected chi connectivity index (χ2v) is 7.55. The van der Waals surface area contributed by atoms with Crippen LogP contribution in [-0.2, 0) is 11.8 Å². The maximum atomic E-state index is 13.1. The Kier molecular flexibility index (Phi) is 5.54. The predicted octanol–water partition coefficient (Wildman–Crippen LogP) is 2.58. The topological polar surface area (TPSA) is 85.0 Å². The Bertz CT molecular complexity index is 1200. The van der Waals surface area contributed by atoms with E-state index in [2.05, 4.69) is 0 Å². The number of rotatable bonds is 4. The van der Waals surface area contributed by atoms with Gasteiger partial charge in [-0.2, -0.15) is 0 Å². The average molecular weight is 423 g/mol. The van der Waals surface area contributed by atoms with Crippen molar-refractivity contribution >= 4 is 28.5 Å². The summed E-state index contributed by atoms with van der Waals surface area (Å²) in [7, 11) is 1.65. The zero-order valence-corrected chi connectivity index (χ0v) is 17.9. The summed E-state index contributed by atoms with van der Waals surface area (Å²) in [5, 5.41) is 0.804. The Labute approximate surface area is 179 Å². The largest absolute Gasteiger partial charge is 0.469 e. The lowest BCUT2D eigenvalue weighted by Crippen LogP contribution is -2.49. The van der Waals surface area contributed by atoms with E-state index in [9.17, 15) is 14.4 Å². The summed E-state index contributed by atoms with van der Waals surface area (Å²) in [5.41, 5.74) is 1.48. The molecule has 0 saturated carbocycles. The number of carbonyl (C=O) groups excluding carboxylic acids is 2. The third-order valence-electron chi connectivity index (χ3n) is 5.62. The predicted molar refractivity (Wildman–Crippen MR) is 117 cm³/mol. The molecular formula is C23H25N3O5. The Morgan fingerprint density at radius 3 is 2.48 bits per heavy atom. The summed E-state index contributed by atoms with van der Waals surface area (Å²) < 4.78 is 11.9. The molecule has 2 aromatic heterocycles. The lowest BCUT2D eigenvalue weighted by atomic mass is 10.1. The van der Waals surface area contributed by atoms with E-state index in [0.29, 0.717) is 43.2 Å². The normalized spacial score (nSPS) is 14.2. The van der Waals surface area contributed by atoms with Gasteiger partial charge in [0.05, 0.1) is 23.4 Å². The number of pyridine rings is 1. The second kappa shape index (κ2) is 8.29. The first-order valence-electron chi connectivity index (χ1n) is 10.3. The number of furan rings is 1. The molecule has 31 heavy (non-hydrogen) atoms. The van der Waals surface area contributed by atoms with Gasteiger partial charge in [-0.25, -0.2) is 4.79 Å². The van der Waals surface area contributed by atoms with Gasteiger partial charge in [0.25, 0.3) is 11.5 Å². The summed E-state index contributed by atoms with van der Waals surface area (Å²) >= 11 is 0. The van der Waals surface area contributed by atoms with Crippen LogP contribution in [0.3, 0.4) is 0 Å². The van der Waals surface area contributed by atoms with Gasteiger partial charge in [0.1, 0.15) is 17.6 Å². The zero-order chi connectivity index (χ0) is 22.1. The minimum absolute atomic E-state index is 0.0354. The van der Waals surface area contributed by atoms with Gasteiger partial charge < -0.3 is 23.5 Å². The summed E-state index contributed by atoms with van der Waals surface area (Å²) in [5.74, 6) is -0.0279. The number of anilines is 1. The summed E-state index contributed by atoms with van der Waals surface area (Å²) in [6.45, 7) is 5.61. The van der Waals surface area contributed by atoms with E-state index in [0.717, 1.165) is 10.9 Å². The Morgan fingerprint density at radius 1 is 1.13 bits per heavy atom. The van der Waals surface area contributed by atoms with E-state index in [1.807, 2.05) is 29.2 Å². The number of carbonyl (C=O) groups is 2. The van der Waals surface area contributed by atoms with Gasteiger partial charge in [-0.1, -0.05) is 18.2 Å². The lowest BCUT2D eigenvalue weighted by Gasteiger charge is -2.37. The molecule has 0 spiro atoms. The number of esters is 1. The van der Waals surface area contributed by atoms with E-state index in [1.165, 1.54) is 10.8 Å². The average Bonchev–Trinajstić information content (AvgIpc) is 3.22. The van der Waals surface area contributed by atoms with Gasteiger partial charge in [-0.15, -0.1) is 0 Å². The fraction of sp³-hybridized carbons (Fsp3) is 0.348. The molecule has 1 amide bonds. The van der Waals surface area contributed by atoms with Crippen LogP contribution in [-0.4, -0.2) is 54.1 Å². The van der Waals surface area contributed by atoms with Crippen LogP contribution in [0.1, 0.15) is 33.4 Å². The number of aryl methyl sites for hydroxylation is 2. The molecule has 0 aliphatic carbocycles. The highest BCUT2D eigenvalue weighted by Crippen LogP contribution is 2.30. The highest BCUT2D eigenvalue weighted by molar-refractivity contribution is 6.05. The van der Waals surface area contributed by atoms with Crippen LogP contribution in [0.25, 0.3) is 10.9 Å². The zero-order valence-electron chi connectivity index (χ0n) is 17.9. The molecule has 3 heterocycles. The number of piperazine rings is 1. The summed E-state index contributed by atoms with van der Waals surface area (Å²) in [6, 6.07) is 9.22. The second-order valence-electron chi connectivity index (χ2n) is 7.55. The molecule has 1 aliphatic rings. The van der Waals surface area contributed by atoms with Crippen molar-refractivity contribution in [2.75, 3.05) is 37.7 Å². The van der Waals surface area contributed by atoms with E-state index >= 15 is 0 Å². The van der Waals surface area contributed by atoms with Crippen molar-refractivity contribution in [2.45, 2.75) is 13.8 Å². The monoisotopic (exact) mass is 423 g/mol. The number of fused-ring (bicyclic) bond motifs is 1. The van der Waals surface area contributed by atoms with Crippen LogP contribution in [0.2, 0.25) is 0 Å². The van der Waals surface area contributed by atoms with Gasteiger partial charge in [0, 0.05) is 38.6 Å². The standard InChI is InChI=1S/C23H25N3O5/c1-4-30-23(29)19-20(17-7-5-6-8-18(17)24(3)22(19)28)25-9-11-26(12-10-25)21(27)16-13-15(2)31-14-16/h5-8,13-14H,4,9-12H2,1-3H3. The van der Waals surface area contributed by atoms with Crippen molar-refractivity contribution in [1.82, 2.24) is 9.47 Å². The third-order valence-corrected chi connectivity index (χ3v) is 5.62. The number of nitrogens with zero attached hydrogens (tertiary/aromatic N) is 3. The minimum Gasteiger partial charge on any atom is -0.469 e. The molecule has 0 radical (unpaired) electrons. The molecular weight excluding hydrogens is 398 g/mol. The highest BCUT2D eigenvalue weighted by Gasteiger charge is 2.30. The van der Waals surface area contributed by atoms with Crippen LogP contribution >= 0.6 is 0 Å². The minimum atomic E-state index is -0.628. The van der Waals surface area contributed by atoms with E-state index in [4.69, 9.17) is 9.15 Å². The molecule has 4 rings (SSSR count). The molecule has 8 nitrogen and oxygen atoms in total. The van der Waals surface area contributed by atoms with E-state index in [-0.39, 0.29) is 23.6 Å². The maximum Gasteiger partial charge on any atom is 0.345 e. The SMILES string of the molecule is CCOC(=O)c1c(N2CCN(C(=O)c3coc(C)c3)CC2)c2ccccc2n(C)c1=O. The summed E-state index contributed by atoms with van der Waals surface area (Å²) in [6.07, 6.45) is 1.47. The first kappa shape index (κ1) is 20.7. The lowest BCUT2D eigenvalue weighted by molar-refractivity contribution is 0.0523. The molecule has 0 unspecified atom stereocenters. The Morgan fingerprint density at radius 2 is 1.84 bits per heavy atom. The number of aromatic nitrogens is 1. The number of benzene rings is 1. The number of ether oxygens (including phenoxy) is 1. The number of hydrogen-bond donors (Lipinski definition) is 0. The third kappa shape index (κ3) is 3.69.